The number of fused-ring (bicyclic) bond motifs is 1. The van der Waals surface area contributed by atoms with Crippen LogP contribution in [-0.4, -0.2) is 79.4 Å². The molecule has 4 rings (SSSR count). The van der Waals surface area contributed by atoms with Gasteiger partial charge in [-0.2, -0.15) is 0 Å². The zero-order valence-corrected chi connectivity index (χ0v) is 19.2. The van der Waals surface area contributed by atoms with E-state index in [0.717, 1.165) is 5.75 Å². The molecule has 2 N–H and O–H groups in total. The number of carbonyl (C=O) groups excluding carboxylic acids is 1. The van der Waals surface area contributed by atoms with Crippen molar-refractivity contribution in [1.29, 1.82) is 0 Å². The standard InChI is InChI=1S/C25H30N2O7/c1-31-19-3-5-20(6-4-19)32-11-9-24(29)26-21(16-27-10-8-18(28)15-27)25(30)17-2-7-22-23(14-17)34-13-12-33-22/h2-7,14,18,25,28,30H,8-13,15-16H2,1H3/t18-,25-/m1/s1. The molecule has 0 radical (unpaired) electrons. The summed E-state index contributed by atoms with van der Waals surface area (Å²) in [5, 5.41) is 21.0. The molecule has 1 saturated heterocycles. The van der Waals surface area contributed by atoms with Crippen LogP contribution in [0, 0.1) is 0 Å². The molecule has 0 aliphatic carbocycles. The number of methoxy groups -OCH3 is 1. The van der Waals surface area contributed by atoms with E-state index in [4.69, 9.17) is 18.9 Å². The maximum atomic E-state index is 12.6. The molecule has 2 heterocycles. The van der Waals surface area contributed by atoms with Gasteiger partial charge in [-0.05, 0) is 48.4 Å². The zero-order chi connectivity index (χ0) is 23.9. The van der Waals surface area contributed by atoms with Crippen LogP contribution in [0.2, 0.25) is 0 Å². The molecule has 2 aromatic rings. The average Bonchev–Trinajstić information content (AvgIpc) is 3.27. The summed E-state index contributed by atoms with van der Waals surface area (Å²) >= 11 is 0. The van der Waals surface area contributed by atoms with Crippen LogP contribution < -0.4 is 18.9 Å². The topological polar surface area (TPSA) is 110 Å². The predicted molar refractivity (Wildman–Crippen MR) is 125 cm³/mol. The molecule has 2 atom stereocenters. The van der Waals surface area contributed by atoms with Crippen LogP contribution in [0.15, 0.2) is 47.5 Å². The van der Waals surface area contributed by atoms with Gasteiger partial charge in [0, 0.05) is 19.6 Å². The molecular formula is C25H30N2O7. The van der Waals surface area contributed by atoms with Crippen molar-refractivity contribution in [2.45, 2.75) is 25.0 Å². The molecular weight excluding hydrogens is 440 g/mol. The first-order valence-corrected chi connectivity index (χ1v) is 11.4. The highest BCUT2D eigenvalue weighted by molar-refractivity contribution is 6.00. The Morgan fingerprint density at radius 1 is 1.15 bits per heavy atom. The molecule has 2 aliphatic rings. The minimum Gasteiger partial charge on any atom is -0.497 e. The van der Waals surface area contributed by atoms with E-state index in [9.17, 15) is 15.0 Å². The van der Waals surface area contributed by atoms with Crippen LogP contribution in [0.25, 0.3) is 0 Å². The first-order valence-electron chi connectivity index (χ1n) is 11.4. The predicted octanol–water partition coefficient (Wildman–Crippen LogP) is 2.00. The summed E-state index contributed by atoms with van der Waals surface area (Å²) in [5.74, 6) is 2.13. The lowest BCUT2D eigenvalue weighted by Gasteiger charge is -2.23. The number of hydrogen-bond acceptors (Lipinski definition) is 8. The second kappa shape index (κ2) is 11.3. The summed E-state index contributed by atoms with van der Waals surface area (Å²) in [7, 11) is 1.59. The maximum Gasteiger partial charge on any atom is 0.249 e. The summed E-state index contributed by atoms with van der Waals surface area (Å²) in [5.41, 5.74) is 0.880. The number of aliphatic hydroxyl groups excluding tert-OH is 2. The van der Waals surface area contributed by atoms with Gasteiger partial charge in [0.15, 0.2) is 11.5 Å². The molecule has 9 nitrogen and oxygen atoms in total. The van der Waals surface area contributed by atoms with E-state index in [1.54, 1.807) is 49.6 Å². The summed E-state index contributed by atoms with van der Waals surface area (Å²) in [6.07, 6.45) is -0.801. The molecule has 1 amide bonds. The van der Waals surface area contributed by atoms with Gasteiger partial charge in [-0.3, -0.25) is 9.69 Å². The third kappa shape index (κ3) is 6.25. The third-order valence-electron chi connectivity index (χ3n) is 5.74. The number of likely N-dealkylation sites (tertiary alicyclic amines) is 1. The van der Waals surface area contributed by atoms with Crippen LogP contribution in [-0.2, 0) is 4.79 Å². The van der Waals surface area contributed by atoms with Gasteiger partial charge in [-0.15, -0.1) is 0 Å². The Morgan fingerprint density at radius 2 is 1.88 bits per heavy atom. The molecule has 0 bridgehead atoms. The number of carbonyl (C=O) groups is 1. The van der Waals surface area contributed by atoms with Crippen LogP contribution in [0.4, 0.5) is 0 Å². The van der Waals surface area contributed by atoms with Crippen LogP contribution >= 0.6 is 0 Å². The Balaban J connectivity index is 1.43. The molecule has 0 saturated carbocycles. The molecule has 182 valence electrons. The lowest BCUT2D eigenvalue weighted by atomic mass is 10.0. The molecule has 1 fully saturated rings. The summed E-state index contributed by atoms with van der Waals surface area (Å²) < 4.78 is 21.9. The van der Waals surface area contributed by atoms with Gasteiger partial charge < -0.3 is 29.2 Å². The number of aliphatic hydroxyl groups is 2. The molecule has 0 unspecified atom stereocenters. The molecule has 0 spiro atoms. The Labute approximate surface area is 198 Å². The largest absolute Gasteiger partial charge is 0.497 e. The number of hydrogen-bond donors (Lipinski definition) is 2. The van der Waals surface area contributed by atoms with Crippen LogP contribution in [0.1, 0.15) is 24.5 Å². The lowest BCUT2D eigenvalue weighted by Crippen LogP contribution is -2.32. The van der Waals surface area contributed by atoms with Gasteiger partial charge in [0.25, 0.3) is 0 Å². The smallest absolute Gasteiger partial charge is 0.249 e. The van der Waals surface area contributed by atoms with Crippen LogP contribution in [0.5, 0.6) is 23.0 Å². The van der Waals surface area contributed by atoms with E-state index >= 15 is 0 Å². The van der Waals surface area contributed by atoms with Crippen molar-refractivity contribution >= 4 is 11.6 Å². The SMILES string of the molecule is COc1ccc(OCCC(=O)N=C(CN2CC[C@@H](O)C2)[C@H](O)c2ccc3c(c2)OCCO3)cc1. The quantitative estimate of drug-likeness (QED) is 0.536. The number of β-amino-alcohol motifs (C(OH)–C–C–N with tert-alkyl or cyclic N) is 1. The van der Waals surface area contributed by atoms with Crippen molar-refractivity contribution in [2.24, 2.45) is 4.99 Å². The van der Waals surface area contributed by atoms with Gasteiger partial charge in [0.05, 0.1) is 32.0 Å². The molecule has 0 aromatic heterocycles. The molecule has 2 aromatic carbocycles. The van der Waals surface area contributed by atoms with E-state index in [1.165, 1.54) is 0 Å². The lowest BCUT2D eigenvalue weighted by molar-refractivity contribution is -0.118. The second-order valence-electron chi connectivity index (χ2n) is 8.25. The Bertz CT molecular complexity index is 1010. The van der Waals surface area contributed by atoms with E-state index in [0.29, 0.717) is 61.2 Å². The zero-order valence-electron chi connectivity index (χ0n) is 19.2. The minimum atomic E-state index is -1.10. The monoisotopic (exact) mass is 470 g/mol. The first kappa shape index (κ1) is 24.0. The fourth-order valence-electron chi connectivity index (χ4n) is 3.93. The number of amides is 1. The van der Waals surface area contributed by atoms with Crippen molar-refractivity contribution in [2.75, 3.05) is 46.6 Å². The van der Waals surface area contributed by atoms with Crippen LogP contribution in [0.3, 0.4) is 0 Å². The van der Waals surface area contributed by atoms with E-state index in [-0.39, 0.29) is 25.5 Å². The maximum absolute atomic E-state index is 12.6. The summed E-state index contributed by atoms with van der Waals surface area (Å²) in [4.78, 5) is 18.9. The van der Waals surface area contributed by atoms with Gasteiger partial charge in [0.1, 0.15) is 30.8 Å². The Hall–Kier alpha value is -3.14. The third-order valence-corrected chi connectivity index (χ3v) is 5.74. The van der Waals surface area contributed by atoms with Crippen molar-refractivity contribution in [1.82, 2.24) is 4.90 Å². The fraction of sp³-hybridized carbons (Fsp3) is 0.440. The Morgan fingerprint density at radius 3 is 2.59 bits per heavy atom. The van der Waals surface area contributed by atoms with Gasteiger partial charge in [0.2, 0.25) is 5.91 Å². The van der Waals surface area contributed by atoms with Crippen molar-refractivity contribution < 1.29 is 34.0 Å². The number of rotatable bonds is 9. The van der Waals surface area contributed by atoms with Gasteiger partial charge >= 0.3 is 0 Å². The molecule has 2 aliphatic heterocycles. The fourth-order valence-corrected chi connectivity index (χ4v) is 3.93. The Kier molecular flexibility index (Phi) is 7.99. The van der Waals surface area contributed by atoms with Gasteiger partial charge in [-0.1, -0.05) is 6.07 Å². The second-order valence-corrected chi connectivity index (χ2v) is 8.25. The average molecular weight is 471 g/mol. The number of ether oxygens (including phenoxy) is 4. The van der Waals surface area contributed by atoms with E-state index < -0.39 is 12.2 Å². The minimum absolute atomic E-state index is 0.0615. The number of benzene rings is 2. The molecule has 34 heavy (non-hydrogen) atoms. The van der Waals surface area contributed by atoms with E-state index in [2.05, 4.69) is 4.99 Å². The van der Waals surface area contributed by atoms with Crippen molar-refractivity contribution in [3.8, 4) is 23.0 Å². The highest BCUT2D eigenvalue weighted by atomic mass is 16.6. The molecule has 9 heteroatoms. The number of nitrogens with zero attached hydrogens (tertiary/aromatic N) is 2. The van der Waals surface area contributed by atoms with Gasteiger partial charge in [-0.25, -0.2) is 4.99 Å². The van der Waals surface area contributed by atoms with Crippen molar-refractivity contribution in [3.63, 3.8) is 0 Å². The number of aliphatic imine (C=N–C) groups is 1. The summed E-state index contributed by atoms with van der Waals surface area (Å²) in [6.45, 7) is 2.49. The van der Waals surface area contributed by atoms with Crippen molar-refractivity contribution in [3.05, 3.63) is 48.0 Å². The normalized spacial score (nSPS) is 19.0. The summed E-state index contributed by atoms with van der Waals surface area (Å²) in [6, 6.07) is 12.3. The highest BCUT2D eigenvalue weighted by Gasteiger charge is 2.26. The van der Waals surface area contributed by atoms with E-state index in [1.807, 2.05) is 4.90 Å². The highest BCUT2D eigenvalue weighted by Crippen LogP contribution is 2.33. The first-order chi connectivity index (χ1) is 16.5.